The van der Waals surface area contributed by atoms with Crippen LogP contribution in [0.2, 0.25) is 0 Å². The Hall–Kier alpha value is -3.27. The molecule has 166 valence electrons. The van der Waals surface area contributed by atoms with Crippen molar-refractivity contribution in [1.82, 2.24) is 0 Å². The molecule has 4 heteroatoms. The lowest BCUT2D eigenvalue weighted by Gasteiger charge is -2.18. The van der Waals surface area contributed by atoms with Gasteiger partial charge >= 0.3 is 0 Å². The summed E-state index contributed by atoms with van der Waals surface area (Å²) in [6.45, 7) is 6.55. The topological polar surface area (TPSA) is 58.6 Å². The van der Waals surface area contributed by atoms with E-state index in [2.05, 4.69) is 62.5 Å². The largest absolute Gasteiger partial charge is 0.504 e. The second-order valence-corrected chi connectivity index (χ2v) is 8.93. The number of ether oxygens (including phenoxy) is 1. The minimum atomic E-state index is -0.592. The molecule has 1 fully saturated rings. The standard InChI is InChI=1S/C28H31NO3/c1-5-19-9-11-23(17-24(19)21-8-6-7-20(15-21)18(2)3)29-27(31)28(13-14-28)22-10-12-26(32-4)25(30)16-22/h6-12,15-18,30H,5,13-14H2,1-4H3,(H,29,31). The fourth-order valence-electron chi connectivity index (χ4n) is 4.31. The number of benzene rings is 3. The van der Waals surface area contributed by atoms with Gasteiger partial charge in [0.25, 0.3) is 0 Å². The molecule has 1 aliphatic carbocycles. The number of carbonyl (C=O) groups is 1. The van der Waals surface area contributed by atoms with Gasteiger partial charge in [0.05, 0.1) is 12.5 Å². The number of hydrogen-bond acceptors (Lipinski definition) is 3. The summed E-state index contributed by atoms with van der Waals surface area (Å²) >= 11 is 0. The molecule has 0 aromatic heterocycles. The number of rotatable bonds is 7. The van der Waals surface area contributed by atoms with Gasteiger partial charge in [-0.25, -0.2) is 0 Å². The van der Waals surface area contributed by atoms with Gasteiger partial charge in [-0.2, -0.15) is 0 Å². The molecule has 3 aromatic rings. The maximum Gasteiger partial charge on any atom is 0.235 e. The summed E-state index contributed by atoms with van der Waals surface area (Å²) in [7, 11) is 1.52. The summed E-state index contributed by atoms with van der Waals surface area (Å²) in [6, 6.07) is 20.0. The van der Waals surface area contributed by atoms with Crippen LogP contribution in [0.4, 0.5) is 5.69 Å². The van der Waals surface area contributed by atoms with E-state index in [1.807, 2.05) is 12.1 Å². The lowest BCUT2D eigenvalue weighted by molar-refractivity contribution is -0.118. The van der Waals surface area contributed by atoms with Gasteiger partial charge in [0.2, 0.25) is 5.91 Å². The van der Waals surface area contributed by atoms with Crippen LogP contribution in [0, 0.1) is 0 Å². The number of aryl methyl sites for hydroxylation is 1. The molecule has 0 unspecified atom stereocenters. The van der Waals surface area contributed by atoms with E-state index in [9.17, 15) is 9.90 Å². The third-order valence-electron chi connectivity index (χ3n) is 6.53. The fourth-order valence-corrected chi connectivity index (χ4v) is 4.31. The first-order valence-electron chi connectivity index (χ1n) is 11.3. The number of phenolic OH excluding ortho intramolecular Hbond substituents is 1. The van der Waals surface area contributed by atoms with Crippen molar-refractivity contribution in [3.63, 3.8) is 0 Å². The third-order valence-corrected chi connectivity index (χ3v) is 6.53. The Balaban J connectivity index is 1.62. The molecule has 1 saturated carbocycles. The Morgan fingerprint density at radius 3 is 2.50 bits per heavy atom. The monoisotopic (exact) mass is 429 g/mol. The quantitative estimate of drug-likeness (QED) is 0.455. The van der Waals surface area contributed by atoms with Crippen molar-refractivity contribution < 1.29 is 14.6 Å². The minimum absolute atomic E-state index is 0.0341. The third kappa shape index (κ3) is 4.10. The van der Waals surface area contributed by atoms with Crippen LogP contribution >= 0.6 is 0 Å². The smallest absolute Gasteiger partial charge is 0.235 e. The average Bonchev–Trinajstić information content (AvgIpc) is 3.61. The Labute approximate surface area is 190 Å². The maximum atomic E-state index is 13.3. The van der Waals surface area contributed by atoms with E-state index in [1.54, 1.807) is 12.1 Å². The number of methoxy groups -OCH3 is 1. The molecule has 1 aliphatic rings. The molecule has 0 aliphatic heterocycles. The lowest BCUT2D eigenvalue weighted by Crippen LogP contribution is -2.27. The molecule has 0 bridgehead atoms. The highest BCUT2D eigenvalue weighted by Crippen LogP contribution is 2.50. The van der Waals surface area contributed by atoms with E-state index in [1.165, 1.54) is 23.8 Å². The van der Waals surface area contributed by atoms with E-state index in [-0.39, 0.29) is 11.7 Å². The molecule has 2 N–H and O–H groups in total. The van der Waals surface area contributed by atoms with E-state index in [4.69, 9.17) is 4.74 Å². The number of carbonyl (C=O) groups excluding carboxylic acids is 1. The van der Waals surface area contributed by atoms with Crippen molar-refractivity contribution >= 4 is 11.6 Å². The average molecular weight is 430 g/mol. The van der Waals surface area contributed by atoms with Gasteiger partial charge in [-0.05, 0) is 77.3 Å². The second kappa shape index (κ2) is 8.70. The van der Waals surface area contributed by atoms with Crippen molar-refractivity contribution in [2.45, 2.75) is 51.4 Å². The summed E-state index contributed by atoms with van der Waals surface area (Å²) in [4.78, 5) is 13.3. The van der Waals surface area contributed by atoms with Gasteiger partial charge in [0.15, 0.2) is 11.5 Å². The van der Waals surface area contributed by atoms with Crippen molar-refractivity contribution in [1.29, 1.82) is 0 Å². The fraction of sp³-hybridized carbons (Fsp3) is 0.321. The molecule has 0 radical (unpaired) electrons. The van der Waals surface area contributed by atoms with Crippen LogP contribution in [0.15, 0.2) is 60.7 Å². The molecule has 4 nitrogen and oxygen atoms in total. The zero-order valence-electron chi connectivity index (χ0n) is 19.2. The van der Waals surface area contributed by atoms with E-state index in [0.29, 0.717) is 11.7 Å². The van der Waals surface area contributed by atoms with Crippen LogP contribution in [0.5, 0.6) is 11.5 Å². The molecule has 3 aromatic carbocycles. The number of aromatic hydroxyl groups is 1. The summed E-state index contributed by atoms with van der Waals surface area (Å²) in [5.41, 5.74) is 5.90. The van der Waals surface area contributed by atoms with Crippen LogP contribution in [0.3, 0.4) is 0 Å². The molecule has 32 heavy (non-hydrogen) atoms. The molecule has 0 saturated heterocycles. The highest BCUT2D eigenvalue weighted by Gasteiger charge is 2.51. The molecule has 4 rings (SSSR count). The van der Waals surface area contributed by atoms with Crippen LogP contribution in [-0.4, -0.2) is 18.1 Å². The van der Waals surface area contributed by atoms with Gasteiger partial charge < -0.3 is 15.2 Å². The molecule has 0 heterocycles. The summed E-state index contributed by atoms with van der Waals surface area (Å²) < 4.78 is 5.14. The van der Waals surface area contributed by atoms with E-state index < -0.39 is 5.41 Å². The SMILES string of the molecule is CCc1ccc(NC(=O)C2(c3ccc(OC)c(O)c3)CC2)cc1-c1cccc(C(C)C)c1. The Morgan fingerprint density at radius 2 is 1.88 bits per heavy atom. The predicted molar refractivity (Wildman–Crippen MR) is 130 cm³/mol. The molecule has 1 amide bonds. The molecule has 0 spiro atoms. The van der Waals surface area contributed by atoms with E-state index in [0.717, 1.165) is 36.1 Å². The first-order valence-corrected chi connectivity index (χ1v) is 11.3. The lowest BCUT2D eigenvalue weighted by atomic mass is 9.92. The predicted octanol–water partition coefficient (Wildman–Crippen LogP) is 6.42. The van der Waals surface area contributed by atoms with Crippen LogP contribution in [0.25, 0.3) is 11.1 Å². The summed E-state index contributed by atoms with van der Waals surface area (Å²) in [5, 5.41) is 13.3. The number of nitrogens with one attached hydrogen (secondary N) is 1. The first-order chi connectivity index (χ1) is 15.4. The first kappa shape index (κ1) is 21.9. The number of hydrogen-bond donors (Lipinski definition) is 2. The van der Waals surface area contributed by atoms with Crippen LogP contribution < -0.4 is 10.1 Å². The Bertz CT molecular complexity index is 1150. The number of amides is 1. The van der Waals surface area contributed by atoms with Gasteiger partial charge in [0, 0.05) is 5.69 Å². The zero-order chi connectivity index (χ0) is 22.9. The summed E-state index contributed by atoms with van der Waals surface area (Å²) in [5.74, 6) is 0.892. The Morgan fingerprint density at radius 1 is 1.09 bits per heavy atom. The highest BCUT2D eigenvalue weighted by atomic mass is 16.5. The van der Waals surface area contributed by atoms with Crippen molar-refractivity contribution in [2.75, 3.05) is 12.4 Å². The van der Waals surface area contributed by atoms with Gasteiger partial charge in [-0.3, -0.25) is 4.79 Å². The number of phenols is 1. The van der Waals surface area contributed by atoms with Crippen molar-refractivity contribution in [3.05, 3.63) is 77.4 Å². The minimum Gasteiger partial charge on any atom is -0.504 e. The van der Waals surface area contributed by atoms with Crippen molar-refractivity contribution in [2.24, 2.45) is 0 Å². The zero-order valence-corrected chi connectivity index (χ0v) is 19.2. The maximum absolute atomic E-state index is 13.3. The van der Waals surface area contributed by atoms with Crippen molar-refractivity contribution in [3.8, 4) is 22.6 Å². The van der Waals surface area contributed by atoms with Gasteiger partial charge in [0.1, 0.15) is 0 Å². The highest BCUT2D eigenvalue weighted by molar-refractivity contribution is 6.02. The number of anilines is 1. The summed E-state index contributed by atoms with van der Waals surface area (Å²) in [6.07, 6.45) is 2.45. The molecular weight excluding hydrogens is 398 g/mol. The second-order valence-electron chi connectivity index (χ2n) is 8.93. The van der Waals surface area contributed by atoms with Gasteiger partial charge in [-0.15, -0.1) is 0 Å². The van der Waals surface area contributed by atoms with Crippen LogP contribution in [-0.2, 0) is 16.6 Å². The van der Waals surface area contributed by atoms with E-state index >= 15 is 0 Å². The van der Waals surface area contributed by atoms with Crippen LogP contribution in [0.1, 0.15) is 56.2 Å². The molecular formula is C28H31NO3. The molecule has 0 atom stereocenters. The Kier molecular flexibility index (Phi) is 5.96. The normalized spacial score (nSPS) is 14.3. The van der Waals surface area contributed by atoms with Gasteiger partial charge in [-0.1, -0.05) is 57.2 Å².